The minimum Gasteiger partial charge on any atom is -0.481 e. The summed E-state index contributed by atoms with van der Waals surface area (Å²) in [5.41, 5.74) is 18.8. The molecule has 0 aliphatic carbocycles. The van der Waals surface area contributed by atoms with Crippen molar-refractivity contribution in [1.82, 2.24) is 46.8 Å². The van der Waals surface area contributed by atoms with Crippen LogP contribution in [0.3, 0.4) is 0 Å². The number of carbonyl (C=O) groups excluding carboxylic acids is 7. The van der Waals surface area contributed by atoms with E-state index in [2.05, 4.69) is 46.9 Å². The number of nitrogens with one attached hydrogen (secondary N) is 7. The number of aliphatic imine (C=N–C) groups is 1. The molecule has 1 fully saturated rings. The lowest BCUT2D eigenvalue weighted by atomic mass is 10.0. The number of nitrogens with zero attached hydrogens (tertiary/aromatic N) is 3. The summed E-state index contributed by atoms with van der Waals surface area (Å²) in [5.74, 6) is -8.75. The smallest absolute Gasteiger partial charge is 0.326 e. The average molecular weight is 1000 g/mol. The molecule has 0 saturated carbocycles. The summed E-state index contributed by atoms with van der Waals surface area (Å²) in [4.78, 5) is 133. The molecule has 4 rings (SSSR count). The number of aliphatic carboxylic acids is 2. The lowest BCUT2D eigenvalue weighted by Crippen LogP contribution is -2.60. The summed E-state index contributed by atoms with van der Waals surface area (Å²) in [5, 5.41) is 34.9. The zero-order chi connectivity index (χ0) is 52.9. The summed E-state index contributed by atoms with van der Waals surface area (Å²) in [7, 11) is 0. The maximum atomic E-state index is 14.5. The molecule has 72 heavy (non-hydrogen) atoms. The van der Waals surface area contributed by atoms with Gasteiger partial charge in [0.25, 0.3) is 0 Å². The number of carboxylic acid groups (broad SMARTS) is 2. The highest BCUT2D eigenvalue weighted by Gasteiger charge is 2.40. The summed E-state index contributed by atoms with van der Waals surface area (Å²) < 4.78 is 0. The Kier molecular flexibility index (Phi) is 22.1. The van der Waals surface area contributed by atoms with Gasteiger partial charge in [0, 0.05) is 37.8 Å². The van der Waals surface area contributed by atoms with E-state index in [0.29, 0.717) is 17.7 Å². The number of H-pyrrole nitrogens is 1. The molecule has 0 spiro atoms. The van der Waals surface area contributed by atoms with Crippen molar-refractivity contribution in [3.63, 3.8) is 0 Å². The lowest BCUT2D eigenvalue weighted by molar-refractivity contribution is -0.144. The highest BCUT2D eigenvalue weighted by atomic mass is 16.4. The Bertz CT molecular complexity index is 2350. The van der Waals surface area contributed by atoms with Crippen molar-refractivity contribution < 1.29 is 53.4 Å². The Morgan fingerprint density at radius 3 is 1.89 bits per heavy atom. The molecular weight excluding hydrogens is 935 g/mol. The second-order valence-electron chi connectivity index (χ2n) is 18.0. The molecule has 2 aromatic carbocycles. The predicted molar refractivity (Wildman–Crippen MR) is 262 cm³/mol. The number of carboxylic acids is 2. The van der Waals surface area contributed by atoms with Gasteiger partial charge in [0.05, 0.1) is 18.8 Å². The van der Waals surface area contributed by atoms with Crippen LogP contribution in [-0.4, -0.2) is 146 Å². The van der Waals surface area contributed by atoms with Crippen LogP contribution < -0.4 is 49.1 Å². The summed E-state index contributed by atoms with van der Waals surface area (Å²) in [6, 6.07) is 7.15. The number of guanidine groups is 1. The van der Waals surface area contributed by atoms with Gasteiger partial charge < -0.3 is 69.2 Å². The van der Waals surface area contributed by atoms with Crippen LogP contribution in [-0.2, 0) is 62.4 Å². The molecule has 3 aromatic rings. The molecule has 0 radical (unpaired) electrons. The fourth-order valence-electron chi connectivity index (χ4n) is 7.96. The SMILES string of the molecule is CC(C)CC(NC(=O)C(Cc1ccccc1)NC(=O)C1CCCN1C(=O)C(Cc1cnc[nH]1)NC(=O)C(CC(=O)O)NC(=O)C(C)NC(=O)C(CCCN=C(N)N)NC(=O)C(N)Cc1ccccc1)C(=O)O. The van der Waals surface area contributed by atoms with Crippen LogP contribution in [0.4, 0.5) is 0 Å². The molecule has 8 unspecified atom stereocenters. The van der Waals surface area contributed by atoms with Crippen LogP contribution in [0.15, 0.2) is 78.2 Å². The summed E-state index contributed by atoms with van der Waals surface area (Å²) in [6.07, 6.45) is 2.60. The first-order valence-electron chi connectivity index (χ1n) is 23.7. The fourth-order valence-corrected chi connectivity index (χ4v) is 7.96. The molecule has 24 heteroatoms. The normalized spacial score (nSPS) is 16.1. The molecule has 8 atom stereocenters. The number of rotatable bonds is 28. The minimum absolute atomic E-state index is 0.00761. The van der Waals surface area contributed by atoms with Crippen molar-refractivity contribution >= 4 is 59.2 Å². The van der Waals surface area contributed by atoms with E-state index >= 15 is 0 Å². The standard InChI is InChI=1S/C48H67N13O11/c1-27(2)20-37(47(71)72)60-43(67)34(22-30-14-8-5-9-15-30)58-45(69)38-17-11-19-61(38)46(70)36(23-31-25-52-26-54-31)59-44(68)35(24-39(62)63)57-40(64)28(3)55-42(66)33(16-10-18-53-48(50)51)56-41(65)32(49)21-29-12-6-4-7-13-29/h4-9,12-15,25-28,32-38H,10-11,16-24,49H2,1-3H3,(H,52,54)(H,55,66)(H,56,65)(H,57,64)(H,58,69)(H,59,68)(H,60,67)(H,62,63)(H,71,72)(H4,50,51,53). The molecule has 1 aliphatic heterocycles. The van der Waals surface area contributed by atoms with Crippen LogP contribution in [0.1, 0.15) is 76.1 Å². The molecule has 15 N–H and O–H groups in total. The number of aromatic amines is 1. The molecule has 1 aromatic heterocycles. The third-order valence-electron chi connectivity index (χ3n) is 11.6. The van der Waals surface area contributed by atoms with Gasteiger partial charge in [-0.25, -0.2) is 9.78 Å². The average Bonchev–Trinajstić information content (AvgIpc) is 4.05. The highest BCUT2D eigenvalue weighted by molar-refractivity contribution is 5.98. The van der Waals surface area contributed by atoms with Crippen LogP contribution in [0.25, 0.3) is 0 Å². The number of carbonyl (C=O) groups is 9. The van der Waals surface area contributed by atoms with Crippen molar-refractivity contribution in [2.45, 2.75) is 127 Å². The van der Waals surface area contributed by atoms with Gasteiger partial charge in [-0.3, -0.25) is 43.3 Å². The van der Waals surface area contributed by atoms with Crippen molar-refractivity contribution in [3.8, 4) is 0 Å². The van der Waals surface area contributed by atoms with Crippen LogP contribution in [0.2, 0.25) is 0 Å². The molecule has 24 nitrogen and oxygen atoms in total. The number of hydrogen-bond donors (Lipinski definition) is 12. The third-order valence-corrected chi connectivity index (χ3v) is 11.6. The second kappa shape index (κ2) is 28.1. The Labute approximate surface area is 416 Å². The van der Waals surface area contributed by atoms with E-state index in [-0.39, 0.29) is 69.9 Å². The Hall–Kier alpha value is -7.89. The van der Waals surface area contributed by atoms with E-state index in [1.807, 2.05) is 0 Å². The topological polar surface area (TPSA) is 389 Å². The molecule has 0 bridgehead atoms. The number of hydrogen-bond acceptors (Lipinski definition) is 12. The first kappa shape index (κ1) is 56.7. The van der Waals surface area contributed by atoms with Gasteiger partial charge in [-0.15, -0.1) is 0 Å². The number of benzene rings is 2. The van der Waals surface area contributed by atoms with Crippen LogP contribution in [0.5, 0.6) is 0 Å². The van der Waals surface area contributed by atoms with Crippen molar-refractivity contribution in [2.24, 2.45) is 28.1 Å². The van der Waals surface area contributed by atoms with Gasteiger partial charge in [-0.05, 0) is 62.5 Å². The summed E-state index contributed by atoms with van der Waals surface area (Å²) >= 11 is 0. The van der Waals surface area contributed by atoms with Gasteiger partial charge in [0.2, 0.25) is 41.4 Å². The Morgan fingerprint density at radius 2 is 1.31 bits per heavy atom. The van der Waals surface area contributed by atoms with Gasteiger partial charge in [0.15, 0.2) is 5.96 Å². The van der Waals surface area contributed by atoms with Gasteiger partial charge >= 0.3 is 11.9 Å². The molecule has 2 heterocycles. The lowest BCUT2D eigenvalue weighted by Gasteiger charge is -2.31. The number of likely N-dealkylation sites (tertiary alicyclic amines) is 1. The molecule has 1 saturated heterocycles. The highest BCUT2D eigenvalue weighted by Crippen LogP contribution is 2.21. The Morgan fingerprint density at radius 1 is 0.722 bits per heavy atom. The van der Waals surface area contributed by atoms with Crippen LogP contribution >= 0.6 is 0 Å². The molecule has 7 amide bonds. The fraction of sp³-hybridized carbons (Fsp3) is 0.479. The van der Waals surface area contributed by atoms with E-state index in [4.69, 9.17) is 17.2 Å². The van der Waals surface area contributed by atoms with Gasteiger partial charge in [-0.2, -0.15) is 0 Å². The van der Waals surface area contributed by atoms with Crippen molar-refractivity contribution in [3.05, 3.63) is 90.0 Å². The Balaban J connectivity index is 1.50. The van der Waals surface area contributed by atoms with E-state index < -0.39 is 108 Å². The monoisotopic (exact) mass is 1000 g/mol. The second-order valence-corrected chi connectivity index (χ2v) is 18.0. The van der Waals surface area contributed by atoms with Crippen molar-refractivity contribution in [2.75, 3.05) is 13.1 Å². The number of imidazole rings is 1. The zero-order valence-corrected chi connectivity index (χ0v) is 40.5. The molecule has 1 aliphatic rings. The minimum atomic E-state index is -1.79. The maximum absolute atomic E-state index is 14.5. The number of nitrogens with two attached hydrogens (primary N) is 3. The quantitative estimate of drug-likeness (QED) is 0.0220. The van der Waals surface area contributed by atoms with E-state index in [1.165, 1.54) is 24.3 Å². The summed E-state index contributed by atoms with van der Waals surface area (Å²) in [6.45, 7) is 5.05. The van der Waals surface area contributed by atoms with Crippen molar-refractivity contribution in [1.29, 1.82) is 0 Å². The predicted octanol–water partition coefficient (Wildman–Crippen LogP) is -1.66. The molecular formula is C48H67N13O11. The zero-order valence-electron chi connectivity index (χ0n) is 40.5. The first-order valence-corrected chi connectivity index (χ1v) is 23.7. The van der Waals surface area contributed by atoms with E-state index in [9.17, 15) is 53.4 Å². The third kappa shape index (κ3) is 18.5. The largest absolute Gasteiger partial charge is 0.481 e. The number of amides is 7. The number of aromatic nitrogens is 2. The van der Waals surface area contributed by atoms with Crippen LogP contribution in [0, 0.1) is 5.92 Å². The maximum Gasteiger partial charge on any atom is 0.326 e. The van der Waals surface area contributed by atoms with E-state index in [0.717, 1.165) is 5.56 Å². The van der Waals surface area contributed by atoms with Gasteiger partial charge in [-0.1, -0.05) is 74.5 Å². The molecule has 390 valence electrons. The first-order chi connectivity index (χ1) is 34.2. The van der Waals surface area contributed by atoms with E-state index in [1.54, 1.807) is 74.5 Å². The van der Waals surface area contributed by atoms with Gasteiger partial charge in [0.1, 0.15) is 42.3 Å².